The molecule has 1 N–H and O–H groups in total. The Morgan fingerprint density at radius 2 is 1.97 bits per heavy atom. The van der Waals surface area contributed by atoms with Gasteiger partial charge in [0.2, 0.25) is 0 Å². The molecule has 1 aliphatic rings. The van der Waals surface area contributed by atoms with Crippen molar-refractivity contribution < 1.29 is 13.7 Å². The van der Waals surface area contributed by atoms with Gasteiger partial charge in [-0.1, -0.05) is 12.1 Å². The molecule has 0 saturated carbocycles. The second kappa shape index (κ2) is 9.50. The van der Waals surface area contributed by atoms with Crippen LogP contribution in [0.2, 0.25) is 0 Å². The molecule has 172 valence electrons. The van der Waals surface area contributed by atoms with Crippen LogP contribution in [-0.2, 0) is 4.74 Å². The van der Waals surface area contributed by atoms with Crippen molar-refractivity contribution in [2.75, 3.05) is 31.7 Å². The van der Waals surface area contributed by atoms with Crippen LogP contribution in [0.1, 0.15) is 43.1 Å². The van der Waals surface area contributed by atoms with Crippen molar-refractivity contribution in [1.29, 1.82) is 0 Å². The van der Waals surface area contributed by atoms with Crippen LogP contribution in [0.25, 0.3) is 22.4 Å². The van der Waals surface area contributed by atoms with Gasteiger partial charge in [0, 0.05) is 37.7 Å². The SMILES string of the molecule is CCC(COC)NC1CCN(c2nc3c(F)cc(C)cc3c(C)c2-c2nc(C)no2)CC1. The summed E-state index contributed by atoms with van der Waals surface area (Å²) in [4.78, 5) is 11.5. The molecular weight excluding hydrogens is 409 g/mol. The highest BCUT2D eigenvalue weighted by molar-refractivity contribution is 5.93. The molecule has 3 heterocycles. The predicted octanol–water partition coefficient (Wildman–Crippen LogP) is 4.33. The summed E-state index contributed by atoms with van der Waals surface area (Å²) in [6.07, 6.45) is 2.97. The Labute approximate surface area is 188 Å². The van der Waals surface area contributed by atoms with Gasteiger partial charge in [-0.25, -0.2) is 9.37 Å². The molecule has 4 rings (SSSR count). The second-order valence-electron chi connectivity index (χ2n) is 8.71. The molecule has 1 saturated heterocycles. The molecule has 0 aliphatic carbocycles. The molecule has 1 aliphatic heterocycles. The van der Waals surface area contributed by atoms with Crippen molar-refractivity contribution in [3.05, 3.63) is 34.9 Å². The van der Waals surface area contributed by atoms with Gasteiger partial charge in [-0.3, -0.25) is 0 Å². The minimum Gasteiger partial charge on any atom is -0.383 e. The van der Waals surface area contributed by atoms with Gasteiger partial charge in [-0.2, -0.15) is 4.98 Å². The Morgan fingerprint density at radius 1 is 1.22 bits per heavy atom. The Balaban J connectivity index is 1.69. The van der Waals surface area contributed by atoms with Crippen molar-refractivity contribution >= 4 is 16.7 Å². The van der Waals surface area contributed by atoms with Crippen molar-refractivity contribution in [1.82, 2.24) is 20.4 Å². The number of anilines is 1. The van der Waals surface area contributed by atoms with E-state index in [4.69, 9.17) is 14.2 Å². The summed E-state index contributed by atoms with van der Waals surface area (Å²) in [5.74, 6) is 1.40. The van der Waals surface area contributed by atoms with Crippen molar-refractivity contribution in [3.63, 3.8) is 0 Å². The molecule has 0 radical (unpaired) electrons. The van der Waals surface area contributed by atoms with Gasteiger partial charge >= 0.3 is 0 Å². The summed E-state index contributed by atoms with van der Waals surface area (Å²) in [6, 6.07) is 4.27. The third-order valence-corrected chi connectivity index (χ3v) is 6.30. The lowest BCUT2D eigenvalue weighted by molar-refractivity contribution is 0.155. The zero-order valence-corrected chi connectivity index (χ0v) is 19.5. The maximum Gasteiger partial charge on any atom is 0.261 e. The maximum atomic E-state index is 14.9. The first-order valence-electron chi connectivity index (χ1n) is 11.3. The number of halogens is 1. The van der Waals surface area contributed by atoms with E-state index in [1.807, 2.05) is 19.9 Å². The molecule has 2 aromatic heterocycles. The molecule has 0 amide bonds. The number of rotatable bonds is 7. The van der Waals surface area contributed by atoms with E-state index in [0.29, 0.717) is 41.7 Å². The van der Waals surface area contributed by atoms with Crippen LogP contribution in [0, 0.1) is 26.6 Å². The first kappa shape index (κ1) is 22.6. The normalized spacial score (nSPS) is 16.1. The summed E-state index contributed by atoms with van der Waals surface area (Å²) >= 11 is 0. The highest BCUT2D eigenvalue weighted by Crippen LogP contribution is 2.38. The van der Waals surface area contributed by atoms with Crippen molar-refractivity contribution in [3.8, 4) is 11.5 Å². The number of benzene rings is 1. The van der Waals surface area contributed by atoms with E-state index in [0.717, 1.165) is 54.4 Å². The van der Waals surface area contributed by atoms with E-state index in [1.165, 1.54) is 6.07 Å². The van der Waals surface area contributed by atoms with Gasteiger partial charge < -0.3 is 19.5 Å². The summed E-state index contributed by atoms with van der Waals surface area (Å²) in [5, 5.41) is 8.47. The Hall–Kier alpha value is -2.58. The number of nitrogens with one attached hydrogen (secondary N) is 1. The Morgan fingerprint density at radius 3 is 2.59 bits per heavy atom. The monoisotopic (exact) mass is 441 g/mol. The van der Waals surface area contributed by atoms with Gasteiger partial charge in [0.25, 0.3) is 5.89 Å². The zero-order chi connectivity index (χ0) is 22.8. The fraction of sp³-hybridized carbons (Fsp3) is 0.542. The van der Waals surface area contributed by atoms with Crippen LogP contribution >= 0.6 is 0 Å². The molecular formula is C24H32FN5O2. The predicted molar refractivity (Wildman–Crippen MR) is 124 cm³/mol. The van der Waals surface area contributed by atoms with E-state index in [2.05, 4.69) is 27.3 Å². The number of ether oxygens (including phenoxy) is 1. The standard InChI is InChI=1S/C24H32FN5O2/c1-6-17(13-31-5)27-18-7-9-30(10-8-18)23-21(24-26-16(4)29-32-24)15(3)19-11-14(2)12-20(25)22(19)28-23/h11-12,17-18,27H,6-10,13H2,1-5H3. The molecule has 0 spiro atoms. The van der Waals surface area contributed by atoms with E-state index in [-0.39, 0.29) is 5.82 Å². The lowest BCUT2D eigenvalue weighted by Crippen LogP contribution is -2.47. The Bertz CT molecular complexity index is 1090. The number of hydrogen-bond donors (Lipinski definition) is 1. The largest absolute Gasteiger partial charge is 0.383 e. The topological polar surface area (TPSA) is 76.3 Å². The van der Waals surface area contributed by atoms with Crippen LogP contribution in [0.3, 0.4) is 0 Å². The second-order valence-corrected chi connectivity index (χ2v) is 8.71. The fourth-order valence-electron chi connectivity index (χ4n) is 4.56. The molecule has 1 atom stereocenters. The Kier molecular flexibility index (Phi) is 6.71. The summed E-state index contributed by atoms with van der Waals surface area (Å²) < 4.78 is 25.7. The van der Waals surface area contributed by atoms with Gasteiger partial charge in [0.15, 0.2) is 5.82 Å². The fourth-order valence-corrected chi connectivity index (χ4v) is 4.56. The third-order valence-electron chi connectivity index (χ3n) is 6.30. The number of piperidine rings is 1. The maximum absolute atomic E-state index is 14.9. The average Bonchev–Trinajstić information content (AvgIpc) is 3.20. The molecule has 0 bridgehead atoms. The van der Waals surface area contributed by atoms with E-state index in [9.17, 15) is 4.39 Å². The summed E-state index contributed by atoms with van der Waals surface area (Å²) in [5.41, 5.74) is 2.94. The van der Waals surface area contributed by atoms with Crippen LogP contribution in [-0.4, -0.2) is 54.0 Å². The van der Waals surface area contributed by atoms with Gasteiger partial charge in [0.1, 0.15) is 17.2 Å². The third kappa shape index (κ3) is 4.47. The number of nitrogens with zero attached hydrogens (tertiary/aromatic N) is 4. The highest BCUT2D eigenvalue weighted by Gasteiger charge is 2.28. The van der Waals surface area contributed by atoms with Crippen LogP contribution in [0.5, 0.6) is 0 Å². The van der Waals surface area contributed by atoms with Gasteiger partial charge in [-0.15, -0.1) is 0 Å². The molecule has 1 unspecified atom stereocenters. The number of methoxy groups -OCH3 is 1. The number of hydrogen-bond acceptors (Lipinski definition) is 7. The number of aromatic nitrogens is 3. The van der Waals surface area contributed by atoms with Crippen LogP contribution in [0.4, 0.5) is 10.2 Å². The summed E-state index contributed by atoms with van der Waals surface area (Å²) in [7, 11) is 1.74. The average molecular weight is 442 g/mol. The van der Waals surface area contributed by atoms with Crippen molar-refractivity contribution in [2.24, 2.45) is 0 Å². The zero-order valence-electron chi connectivity index (χ0n) is 19.5. The van der Waals surface area contributed by atoms with Gasteiger partial charge in [0.05, 0.1) is 12.2 Å². The first-order valence-corrected chi connectivity index (χ1v) is 11.3. The van der Waals surface area contributed by atoms with Crippen LogP contribution in [0.15, 0.2) is 16.7 Å². The highest BCUT2D eigenvalue weighted by atomic mass is 19.1. The molecule has 7 nitrogen and oxygen atoms in total. The number of fused-ring (bicyclic) bond motifs is 1. The molecule has 1 aromatic carbocycles. The molecule has 1 fully saturated rings. The minimum absolute atomic E-state index is 0.306. The van der Waals surface area contributed by atoms with E-state index < -0.39 is 0 Å². The summed E-state index contributed by atoms with van der Waals surface area (Å²) in [6.45, 7) is 10.2. The van der Waals surface area contributed by atoms with E-state index in [1.54, 1.807) is 14.0 Å². The minimum atomic E-state index is -0.306. The number of pyridine rings is 1. The quantitative estimate of drug-likeness (QED) is 0.585. The molecule has 3 aromatic rings. The van der Waals surface area contributed by atoms with Crippen molar-refractivity contribution in [2.45, 2.75) is 59.0 Å². The number of aryl methyl sites for hydroxylation is 3. The molecule has 32 heavy (non-hydrogen) atoms. The molecule has 8 heteroatoms. The lowest BCUT2D eigenvalue weighted by atomic mass is 9.99. The first-order chi connectivity index (χ1) is 15.4. The van der Waals surface area contributed by atoms with Crippen LogP contribution < -0.4 is 10.2 Å². The lowest BCUT2D eigenvalue weighted by Gasteiger charge is -2.36. The van der Waals surface area contributed by atoms with E-state index >= 15 is 0 Å². The van der Waals surface area contributed by atoms with Gasteiger partial charge in [-0.05, 0) is 63.3 Å². The smallest absolute Gasteiger partial charge is 0.261 e.